The van der Waals surface area contributed by atoms with E-state index >= 15 is 0 Å². The van der Waals surface area contributed by atoms with Gasteiger partial charge in [-0.15, -0.1) is 0 Å². The zero-order chi connectivity index (χ0) is 28.5. The van der Waals surface area contributed by atoms with Gasteiger partial charge in [-0.25, -0.2) is 4.98 Å². The van der Waals surface area contributed by atoms with Crippen LogP contribution in [-0.4, -0.2) is 25.2 Å². The third-order valence-corrected chi connectivity index (χ3v) is 7.31. The minimum Gasteiger partial charge on any atom is -0.507 e. The maximum absolute atomic E-state index is 11.7. The van der Waals surface area contributed by atoms with Gasteiger partial charge < -0.3 is 14.9 Å². The van der Waals surface area contributed by atoms with E-state index in [1.807, 2.05) is 109 Å². The summed E-state index contributed by atoms with van der Waals surface area (Å²) in [6, 6.07) is 36.2. The normalized spacial score (nSPS) is 11.1. The number of pyridine rings is 3. The fourth-order valence-electron chi connectivity index (χ4n) is 5.32. The molecule has 0 aliphatic rings. The van der Waals surface area contributed by atoms with Gasteiger partial charge in [0.1, 0.15) is 23.9 Å². The molecule has 6 heteroatoms. The summed E-state index contributed by atoms with van der Waals surface area (Å²) in [5.41, 5.74) is 4.47. The first-order valence-electron chi connectivity index (χ1n) is 13.6. The molecule has 0 bridgehead atoms. The van der Waals surface area contributed by atoms with Gasteiger partial charge in [0, 0.05) is 41.2 Å². The zero-order valence-electron chi connectivity index (χ0n) is 22.5. The number of benzene rings is 4. The molecule has 7 aromatic rings. The van der Waals surface area contributed by atoms with Crippen LogP contribution in [0.2, 0.25) is 0 Å². The lowest BCUT2D eigenvalue weighted by Crippen LogP contribution is -2.00. The molecule has 0 atom stereocenters. The van der Waals surface area contributed by atoms with E-state index in [4.69, 9.17) is 9.72 Å². The van der Waals surface area contributed by atoms with Gasteiger partial charge in [-0.1, -0.05) is 66.7 Å². The molecule has 3 heterocycles. The summed E-state index contributed by atoms with van der Waals surface area (Å²) in [5, 5.41) is 26.4. The maximum Gasteiger partial charge on any atom is 0.130 e. The van der Waals surface area contributed by atoms with Gasteiger partial charge in [0.25, 0.3) is 0 Å². The van der Waals surface area contributed by atoms with E-state index < -0.39 is 0 Å². The second kappa shape index (κ2) is 10.7. The third kappa shape index (κ3) is 4.65. The number of hydrogen-bond donors (Lipinski definition) is 2. The van der Waals surface area contributed by atoms with Crippen molar-refractivity contribution in [1.82, 2.24) is 15.0 Å². The van der Waals surface area contributed by atoms with E-state index in [1.54, 1.807) is 18.5 Å². The topological polar surface area (TPSA) is 88.4 Å². The Hall–Kier alpha value is -5.75. The van der Waals surface area contributed by atoms with Crippen molar-refractivity contribution >= 4 is 21.5 Å². The third-order valence-electron chi connectivity index (χ3n) is 7.31. The Kier molecular flexibility index (Phi) is 6.41. The van der Waals surface area contributed by atoms with E-state index in [0.717, 1.165) is 21.5 Å². The number of phenolic OH excluding ortho intramolecular Hbond substituents is 2. The smallest absolute Gasteiger partial charge is 0.130 e. The Balaban J connectivity index is 1.34. The Morgan fingerprint density at radius 3 is 1.79 bits per heavy atom. The van der Waals surface area contributed by atoms with Crippen molar-refractivity contribution in [2.75, 3.05) is 0 Å². The summed E-state index contributed by atoms with van der Waals surface area (Å²) in [4.78, 5) is 13.7. The predicted molar refractivity (Wildman–Crippen MR) is 165 cm³/mol. The highest BCUT2D eigenvalue weighted by Gasteiger charge is 2.20. The molecule has 2 N–H and O–H groups in total. The first-order valence-corrected chi connectivity index (χ1v) is 13.6. The number of aromatic hydroxyl groups is 2. The van der Waals surface area contributed by atoms with Crippen LogP contribution < -0.4 is 4.74 Å². The Labute approximate surface area is 242 Å². The average molecular weight is 548 g/mol. The second-order valence-corrected chi connectivity index (χ2v) is 9.95. The van der Waals surface area contributed by atoms with Crippen molar-refractivity contribution < 1.29 is 14.9 Å². The fraction of sp³-hybridized carbons (Fsp3) is 0.0278. The molecule has 0 spiro atoms. The van der Waals surface area contributed by atoms with Gasteiger partial charge in [-0.05, 0) is 57.9 Å². The molecule has 0 saturated heterocycles. The summed E-state index contributed by atoms with van der Waals surface area (Å²) < 4.78 is 6.34. The Morgan fingerprint density at radius 1 is 0.548 bits per heavy atom. The molecule has 0 radical (unpaired) electrons. The van der Waals surface area contributed by atoms with Gasteiger partial charge in [-0.3, -0.25) is 9.97 Å². The van der Waals surface area contributed by atoms with E-state index in [-0.39, 0.29) is 18.1 Å². The van der Waals surface area contributed by atoms with E-state index in [2.05, 4.69) is 9.97 Å². The highest BCUT2D eigenvalue weighted by atomic mass is 16.5. The molecule has 6 nitrogen and oxygen atoms in total. The number of ether oxygens (including phenoxy) is 1. The lowest BCUT2D eigenvalue weighted by Gasteiger charge is -2.18. The van der Waals surface area contributed by atoms with Gasteiger partial charge in [0.15, 0.2) is 0 Å². The fourth-order valence-corrected chi connectivity index (χ4v) is 5.32. The van der Waals surface area contributed by atoms with Crippen LogP contribution in [0.3, 0.4) is 0 Å². The van der Waals surface area contributed by atoms with E-state index in [9.17, 15) is 10.2 Å². The van der Waals surface area contributed by atoms with Crippen LogP contribution in [0.5, 0.6) is 17.2 Å². The lowest BCUT2D eigenvalue weighted by atomic mass is 9.90. The predicted octanol–water partition coefficient (Wildman–Crippen LogP) is 8.17. The number of fused-ring (bicyclic) bond motifs is 2. The zero-order valence-corrected chi connectivity index (χ0v) is 22.5. The molecule has 202 valence electrons. The number of nitrogens with zero attached hydrogens (tertiary/aromatic N) is 3. The summed E-state index contributed by atoms with van der Waals surface area (Å²) in [5.74, 6) is 0.721. The number of hydrogen-bond acceptors (Lipinski definition) is 6. The largest absolute Gasteiger partial charge is 0.507 e. The molecular formula is C36H25N3O3. The van der Waals surface area contributed by atoms with Crippen molar-refractivity contribution in [2.45, 2.75) is 6.61 Å². The van der Waals surface area contributed by atoms with Gasteiger partial charge in [-0.2, -0.15) is 0 Å². The van der Waals surface area contributed by atoms with E-state index in [0.29, 0.717) is 45.2 Å². The Morgan fingerprint density at radius 2 is 1.14 bits per heavy atom. The van der Waals surface area contributed by atoms with Crippen molar-refractivity contribution in [2.24, 2.45) is 0 Å². The molecule has 3 aromatic heterocycles. The molecule has 4 aromatic carbocycles. The summed E-state index contributed by atoms with van der Waals surface area (Å²) in [6.07, 6.45) is 3.45. The minimum absolute atomic E-state index is 0.0595. The maximum atomic E-state index is 11.7. The van der Waals surface area contributed by atoms with Crippen LogP contribution >= 0.6 is 0 Å². The van der Waals surface area contributed by atoms with Crippen LogP contribution in [-0.2, 0) is 6.61 Å². The molecule has 0 saturated carbocycles. The molecule has 0 unspecified atom stereocenters. The van der Waals surface area contributed by atoms with Crippen LogP contribution in [0.25, 0.3) is 55.4 Å². The highest BCUT2D eigenvalue weighted by molar-refractivity contribution is 6.10. The molecule has 0 aliphatic heterocycles. The van der Waals surface area contributed by atoms with Crippen molar-refractivity contribution in [3.8, 4) is 51.2 Å². The van der Waals surface area contributed by atoms with Crippen molar-refractivity contribution in [3.63, 3.8) is 0 Å². The van der Waals surface area contributed by atoms with Crippen molar-refractivity contribution in [1.29, 1.82) is 0 Å². The van der Waals surface area contributed by atoms with Crippen LogP contribution in [0.1, 0.15) is 5.56 Å². The lowest BCUT2D eigenvalue weighted by molar-refractivity contribution is 0.299. The second-order valence-electron chi connectivity index (χ2n) is 9.95. The number of phenols is 2. The van der Waals surface area contributed by atoms with Crippen LogP contribution in [0, 0.1) is 0 Å². The minimum atomic E-state index is 0.0595. The Bertz CT molecular complexity index is 2000. The van der Waals surface area contributed by atoms with Crippen LogP contribution in [0.15, 0.2) is 128 Å². The van der Waals surface area contributed by atoms with Gasteiger partial charge in [0.05, 0.1) is 22.8 Å². The molecule has 0 fully saturated rings. The SMILES string of the molecule is Oc1ccc2ccccc2c1-c1c(O)c(COc2cc(-c3ccccn3)nc(-c3ccccn3)c2)cc2ccccc12. The summed E-state index contributed by atoms with van der Waals surface area (Å²) >= 11 is 0. The van der Waals surface area contributed by atoms with E-state index in [1.165, 1.54) is 0 Å². The standard InChI is InChI=1S/C36H25N3O3/c40-33-16-15-23-9-1-3-11-27(23)34(33)35-28-12-4-2-10-24(28)19-25(36(35)41)22-42-26-20-31(29-13-5-7-17-37-29)39-32(21-26)30-14-6-8-18-38-30/h1-21,40-41H,22H2. The van der Waals surface area contributed by atoms with Crippen LogP contribution in [0.4, 0.5) is 0 Å². The van der Waals surface area contributed by atoms with Gasteiger partial charge in [0.2, 0.25) is 0 Å². The van der Waals surface area contributed by atoms with Gasteiger partial charge >= 0.3 is 0 Å². The van der Waals surface area contributed by atoms with Crippen molar-refractivity contribution in [3.05, 3.63) is 133 Å². The molecule has 0 aliphatic carbocycles. The monoisotopic (exact) mass is 547 g/mol. The molecule has 0 amide bonds. The molecule has 42 heavy (non-hydrogen) atoms. The molecule has 7 rings (SSSR count). The first-order chi connectivity index (χ1) is 20.7. The summed E-state index contributed by atoms with van der Waals surface area (Å²) in [7, 11) is 0. The highest BCUT2D eigenvalue weighted by Crippen LogP contribution is 2.46. The first kappa shape index (κ1) is 25.2. The molecular weight excluding hydrogens is 522 g/mol. The summed E-state index contributed by atoms with van der Waals surface area (Å²) in [6.45, 7) is 0.0858. The quantitative estimate of drug-likeness (QED) is 0.218. The average Bonchev–Trinajstić information content (AvgIpc) is 3.05. The number of aromatic nitrogens is 3. The number of rotatable bonds is 6.